The highest BCUT2D eigenvalue weighted by Gasteiger charge is 2.19. The van der Waals surface area contributed by atoms with Gasteiger partial charge in [0.1, 0.15) is 5.84 Å². The van der Waals surface area contributed by atoms with Crippen LogP contribution in [-0.4, -0.2) is 65.5 Å². The van der Waals surface area contributed by atoms with Gasteiger partial charge >= 0.3 is 0 Å². The van der Waals surface area contributed by atoms with Crippen molar-refractivity contribution in [2.75, 3.05) is 50.0 Å². The maximum Gasteiger partial charge on any atom is 0.233 e. The van der Waals surface area contributed by atoms with Gasteiger partial charge in [0.2, 0.25) is 11.9 Å². The van der Waals surface area contributed by atoms with E-state index in [9.17, 15) is 0 Å². The minimum absolute atomic E-state index is 0.492. The summed E-state index contributed by atoms with van der Waals surface area (Å²) in [7, 11) is 2.13. The van der Waals surface area contributed by atoms with Crippen LogP contribution in [0.5, 0.6) is 0 Å². The van der Waals surface area contributed by atoms with Crippen molar-refractivity contribution in [3.8, 4) is 0 Å². The fraction of sp³-hybridized carbons (Fsp3) is 0.304. The molecule has 0 saturated carbocycles. The lowest BCUT2D eigenvalue weighted by Gasteiger charge is -2.32. The number of amidine groups is 1. The smallest absolute Gasteiger partial charge is 0.233 e. The molecular formula is C23H26ClN7. The summed E-state index contributed by atoms with van der Waals surface area (Å²) in [6.45, 7) is 6.37. The summed E-state index contributed by atoms with van der Waals surface area (Å²) in [4.78, 5) is 23.0. The zero-order valence-electron chi connectivity index (χ0n) is 17.8. The monoisotopic (exact) mass is 435 g/mol. The molecule has 1 N–H and O–H groups in total. The Morgan fingerprint density at radius 3 is 2.65 bits per heavy atom. The molecule has 0 spiro atoms. The third kappa shape index (κ3) is 5.77. The highest BCUT2D eigenvalue weighted by atomic mass is 35.5. The Morgan fingerprint density at radius 2 is 1.87 bits per heavy atom. The van der Waals surface area contributed by atoms with Gasteiger partial charge in [-0.2, -0.15) is 15.0 Å². The number of hydrogen-bond acceptors (Lipinski definition) is 7. The van der Waals surface area contributed by atoms with Gasteiger partial charge in [-0.25, -0.2) is 0 Å². The largest absolute Gasteiger partial charge is 0.338 e. The van der Waals surface area contributed by atoms with Crippen LogP contribution in [0.3, 0.4) is 0 Å². The number of nitrogens with one attached hydrogen (secondary N) is 1. The number of halogens is 1. The quantitative estimate of drug-likeness (QED) is 0.770. The number of benzene rings is 1. The van der Waals surface area contributed by atoms with E-state index in [2.05, 4.69) is 43.2 Å². The normalized spacial score (nSPS) is 17.5. The van der Waals surface area contributed by atoms with Gasteiger partial charge in [-0.1, -0.05) is 42.0 Å². The van der Waals surface area contributed by atoms with Crippen molar-refractivity contribution in [2.45, 2.75) is 6.92 Å². The number of aromatic nitrogens is 3. The molecule has 0 radical (unpaired) electrons. The molecule has 1 aromatic heterocycles. The van der Waals surface area contributed by atoms with Gasteiger partial charge in [-0.3, -0.25) is 4.99 Å². The van der Waals surface area contributed by atoms with E-state index in [1.54, 1.807) is 0 Å². The Hall–Kier alpha value is -3.03. The standard InChI is InChI=1S/C23H26ClN7/c1-3-5-18-15-21(25-16-18)27-22-26-20(9-8-17-6-4-7-19(24)14-17)28-23(29-22)31-12-10-30(2)11-13-31/h3-9,14-15H,10-13,16H2,1-2H3,(H,25,26,27,28,29)/b5-3+,9-8+. The average Bonchev–Trinajstić information content (AvgIpc) is 3.20. The van der Waals surface area contributed by atoms with Crippen molar-refractivity contribution in [1.29, 1.82) is 0 Å². The van der Waals surface area contributed by atoms with Crippen LogP contribution in [0.1, 0.15) is 18.3 Å². The van der Waals surface area contributed by atoms with Crippen LogP contribution in [0.25, 0.3) is 12.2 Å². The van der Waals surface area contributed by atoms with E-state index in [1.807, 2.05) is 55.5 Å². The van der Waals surface area contributed by atoms with Gasteiger partial charge in [0, 0.05) is 31.2 Å². The summed E-state index contributed by atoms with van der Waals surface area (Å²) in [5, 5.41) is 3.95. The van der Waals surface area contributed by atoms with Gasteiger partial charge < -0.3 is 15.1 Å². The second-order valence-electron chi connectivity index (χ2n) is 7.54. The molecule has 7 nitrogen and oxygen atoms in total. The van der Waals surface area contributed by atoms with Crippen LogP contribution in [0.2, 0.25) is 5.02 Å². The number of rotatable bonds is 5. The molecule has 0 unspecified atom stereocenters. The highest BCUT2D eigenvalue weighted by Crippen LogP contribution is 2.17. The van der Waals surface area contributed by atoms with Crippen molar-refractivity contribution in [3.63, 3.8) is 0 Å². The lowest BCUT2D eigenvalue weighted by atomic mass is 10.2. The lowest BCUT2D eigenvalue weighted by Crippen LogP contribution is -2.45. The number of anilines is 2. The number of aliphatic imine (C=N–C) groups is 1. The maximum atomic E-state index is 6.10. The molecule has 1 fully saturated rings. The molecule has 0 bridgehead atoms. The van der Waals surface area contributed by atoms with E-state index < -0.39 is 0 Å². The first-order valence-corrected chi connectivity index (χ1v) is 10.7. The summed E-state index contributed by atoms with van der Waals surface area (Å²) >= 11 is 6.10. The first-order valence-electron chi connectivity index (χ1n) is 10.4. The molecule has 31 heavy (non-hydrogen) atoms. The Kier molecular flexibility index (Phi) is 6.74. The van der Waals surface area contributed by atoms with E-state index in [4.69, 9.17) is 16.6 Å². The first-order chi connectivity index (χ1) is 15.1. The molecule has 8 heteroatoms. The van der Waals surface area contributed by atoms with Crippen LogP contribution in [0.4, 0.5) is 11.9 Å². The fourth-order valence-corrected chi connectivity index (χ4v) is 3.59. The van der Waals surface area contributed by atoms with Crippen molar-refractivity contribution < 1.29 is 0 Å². The van der Waals surface area contributed by atoms with Gasteiger partial charge in [0.15, 0.2) is 5.82 Å². The Morgan fingerprint density at radius 1 is 1.03 bits per heavy atom. The summed E-state index contributed by atoms with van der Waals surface area (Å²) in [5.41, 5.74) is 2.14. The predicted molar refractivity (Wildman–Crippen MR) is 129 cm³/mol. The molecular weight excluding hydrogens is 410 g/mol. The fourth-order valence-electron chi connectivity index (χ4n) is 3.39. The average molecular weight is 436 g/mol. The molecule has 2 aromatic rings. The Labute approximate surface area is 187 Å². The van der Waals surface area contributed by atoms with Crippen LogP contribution in [0, 0.1) is 0 Å². The molecule has 0 amide bonds. The minimum Gasteiger partial charge on any atom is -0.338 e. The Balaban J connectivity index is 1.60. The number of allylic oxidation sites excluding steroid dienone is 1. The highest BCUT2D eigenvalue weighted by molar-refractivity contribution is 6.30. The predicted octanol–water partition coefficient (Wildman–Crippen LogP) is 3.77. The summed E-state index contributed by atoms with van der Waals surface area (Å²) in [6, 6.07) is 7.67. The Bertz CT molecular complexity index is 1050. The van der Waals surface area contributed by atoms with Crippen LogP contribution in [-0.2, 0) is 0 Å². The summed E-state index contributed by atoms with van der Waals surface area (Å²) in [5.74, 6) is 2.51. The SMILES string of the molecule is C/C=C/C1=CC(Nc2nc(/C=C/c3cccc(Cl)c3)nc(N3CCN(C)CC3)n2)=NC1. The number of piperazine rings is 1. The molecule has 1 aromatic carbocycles. The van der Waals surface area contributed by atoms with Crippen molar-refractivity contribution in [1.82, 2.24) is 19.9 Å². The molecule has 3 heterocycles. The number of likely N-dealkylation sites (N-methyl/N-ethyl adjacent to an activating group) is 1. The van der Waals surface area contributed by atoms with Crippen LogP contribution < -0.4 is 10.2 Å². The molecule has 2 aliphatic rings. The van der Waals surface area contributed by atoms with Gasteiger partial charge in [-0.15, -0.1) is 0 Å². The topological polar surface area (TPSA) is 69.5 Å². The third-order valence-electron chi connectivity index (χ3n) is 5.08. The van der Waals surface area contributed by atoms with Gasteiger partial charge in [-0.05, 0) is 49.4 Å². The second kappa shape index (κ2) is 9.85. The van der Waals surface area contributed by atoms with Crippen LogP contribution >= 0.6 is 11.6 Å². The summed E-state index contributed by atoms with van der Waals surface area (Å²) in [6.07, 6.45) is 9.92. The number of hydrogen-bond donors (Lipinski definition) is 1. The van der Waals surface area contributed by atoms with E-state index in [1.165, 1.54) is 0 Å². The lowest BCUT2D eigenvalue weighted by molar-refractivity contribution is 0.311. The van der Waals surface area contributed by atoms with E-state index in [-0.39, 0.29) is 0 Å². The van der Waals surface area contributed by atoms with E-state index in [0.717, 1.165) is 43.2 Å². The molecule has 1 saturated heterocycles. The van der Waals surface area contributed by atoms with Crippen LogP contribution in [0.15, 0.2) is 53.1 Å². The minimum atomic E-state index is 0.492. The molecule has 4 rings (SSSR count). The molecule has 0 aliphatic carbocycles. The number of nitrogens with zero attached hydrogens (tertiary/aromatic N) is 6. The zero-order chi connectivity index (χ0) is 21.6. The van der Waals surface area contributed by atoms with Crippen molar-refractivity contribution in [2.24, 2.45) is 4.99 Å². The maximum absolute atomic E-state index is 6.10. The van der Waals surface area contributed by atoms with Gasteiger partial charge in [0.25, 0.3) is 0 Å². The molecule has 160 valence electrons. The van der Waals surface area contributed by atoms with Gasteiger partial charge in [0.05, 0.1) is 6.54 Å². The van der Waals surface area contributed by atoms with E-state index in [0.29, 0.717) is 29.3 Å². The third-order valence-corrected chi connectivity index (χ3v) is 5.31. The molecule has 2 aliphatic heterocycles. The van der Waals surface area contributed by atoms with Crippen molar-refractivity contribution >= 4 is 41.5 Å². The zero-order valence-corrected chi connectivity index (χ0v) is 18.5. The first kappa shape index (κ1) is 21.2. The summed E-state index contributed by atoms with van der Waals surface area (Å²) < 4.78 is 0. The van der Waals surface area contributed by atoms with Crippen molar-refractivity contribution in [3.05, 3.63) is 64.5 Å². The second-order valence-corrected chi connectivity index (χ2v) is 7.98. The van der Waals surface area contributed by atoms with E-state index >= 15 is 0 Å². The molecule has 0 atom stereocenters.